The summed E-state index contributed by atoms with van der Waals surface area (Å²) in [5.41, 5.74) is 3.17. The number of hydrogen-bond donors (Lipinski definition) is 1. The lowest BCUT2D eigenvalue weighted by atomic mass is 9.85. The van der Waals surface area contributed by atoms with Crippen LogP contribution in [-0.4, -0.2) is 5.11 Å². The van der Waals surface area contributed by atoms with E-state index in [1.807, 2.05) is 48.5 Å². The van der Waals surface area contributed by atoms with E-state index in [0.717, 1.165) is 21.2 Å². The molecular formula is C19H14Br2O. The Morgan fingerprint density at radius 1 is 0.727 bits per heavy atom. The molecule has 0 heterocycles. The van der Waals surface area contributed by atoms with Crippen molar-refractivity contribution in [3.05, 3.63) is 98.4 Å². The van der Waals surface area contributed by atoms with E-state index in [2.05, 4.69) is 56.1 Å². The van der Waals surface area contributed by atoms with E-state index in [1.54, 1.807) is 0 Å². The van der Waals surface area contributed by atoms with Gasteiger partial charge in [0.15, 0.2) is 0 Å². The first-order valence-corrected chi connectivity index (χ1v) is 8.53. The fourth-order valence-corrected chi connectivity index (χ4v) is 3.91. The minimum absolute atomic E-state index is 0.0174. The third-order valence-corrected chi connectivity index (χ3v) is 4.70. The van der Waals surface area contributed by atoms with Crippen LogP contribution >= 0.6 is 31.9 Å². The van der Waals surface area contributed by atoms with Crippen LogP contribution in [0, 0.1) is 0 Å². The molecule has 0 bridgehead atoms. The van der Waals surface area contributed by atoms with Gasteiger partial charge in [0.2, 0.25) is 0 Å². The van der Waals surface area contributed by atoms with Gasteiger partial charge in [-0.3, -0.25) is 0 Å². The van der Waals surface area contributed by atoms with Crippen LogP contribution in [0.3, 0.4) is 0 Å². The lowest BCUT2D eigenvalue weighted by molar-refractivity contribution is 0.463. The van der Waals surface area contributed by atoms with Crippen LogP contribution in [0.1, 0.15) is 22.6 Å². The van der Waals surface area contributed by atoms with Gasteiger partial charge >= 0.3 is 0 Å². The molecular weight excluding hydrogens is 404 g/mol. The second kappa shape index (κ2) is 6.67. The molecule has 0 spiro atoms. The van der Waals surface area contributed by atoms with E-state index in [9.17, 15) is 5.11 Å². The second-order valence-electron chi connectivity index (χ2n) is 5.08. The van der Waals surface area contributed by atoms with Crippen LogP contribution in [0.15, 0.2) is 81.7 Å². The summed E-state index contributed by atoms with van der Waals surface area (Å²) in [6, 6.07) is 24.3. The van der Waals surface area contributed by atoms with Crippen LogP contribution in [0.2, 0.25) is 0 Å². The number of phenols is 1. The summed E-state index contributed by atoms with van der Waals surface area (Å²) < 4.78 is 1.62. The molecule has 1 N–H and O–H groups in total. The first-order valence-electron chi connectivity index (χ1n) is 6.94. The van der Waals surface area contributed by atoms with E-state index in [-0.39, 0.29) is 11.7 Å². The van der Waals surface area contributed by atoms with Crippen LogP contribution < -0.4 is 0 Å². The van der Waals surface area contributed by atoms with Gasteiger partial charge in [0.25, 0.3) is 0 Å². The number of benzene rings is 3. The fraction of sp³-hybridized carbons (Fsp3) is 0.0526. The molecule has 0 saturated carbocycles. The Balaban J connectivity index is 2.23. The number of aromatic hydroxyl groups is 1. The van der Waals surface area contributed by atoms with Gasteiger partial charge in [-0.2, -0.15) is 0 Å². The largest absolute Gasteiger partial charge is 0.506 e. The highest BCUT2D eigenvalue weighted by atomic mass is 79.9. The molecule has 0 amide bonds. The molecule has 0 fully saturated rings. The summed E-state index contributed by atoms with van der Waals surface area (Å²) in [6.45, 7) is 0. The maximum atomic E-state index is 10.5. The van der Waals surface area contributed by atoms with Crippen molar-refractivity contribution in [1.82, 2.24) is 0 Å². The molecule has 3 rings (SSSR count). The van der Waals surface area contributed by atoms with Crippen molar-refractivity contribution >= 4 is 31.9 Å². The zero-order chi connectivity index (χ0) is 15.5. The molecule has 0 aromatic heterocycles. The summed E-state index contributed by atoms with van der Waals surface area (Å²) in [7, 11) is 0. The molecule has 0 unspecified atom stereocenters. The minimum Gasteiger partial charge on any atom is -0.506 e. The predicted molar refractivity (Wildman–Crippen MR) is 97.3 cm³/mol. The van der Waals surface area contributed by atoms with E-state index < -0.39 is 0 Å². The normalized spacial score (nSPS) is 10.9. The Morgan fingerprint density at radius 2 is 1.23 bits per heavy atom. The van der Waals surface area contributed by atoms with Gasteiger partial charge in [0.05, 0.1) is 4.47 Å². The van der Waals surface area contributed by atoms with E-state index in [1.165, 1.54) is 0 Å². The van der Waals surface area contributed by atoms with Gasteiger partial charge in [-0.25, -0.2) is 0 Å². The molecule has 3 aromatic rings. The van der Waals surface area contributed by atoms with Crippen LogP contribution in [-0.2, 0) is 0 Å². The van der Waals surface area contributed by atoms with Crippen molar-refractivity contribution < 1.29 is 5.11 Å². The summed E-state index contributed by atoms with van der Waals surface area (Å²) in [4.78, 5) is 0. The molecule has 3 heteroatoms. The zero-order valence-electron chi connectivity index (χ0n) is 11.7. The van der Waals surface area contributed by atoms with E-state index >= 15 is 0 Å². The highest BCUT2D eigenvalue weighted by molar-refractivity contribution is 9.11. The Kier molecular flexibility index (Phi) is 4.65. The van der Waals surface area contributed by atoms with Crippen molar-refractivity contribution in [3.8, 4) is 5.75 Å². The topological polar surface area (TPSA) is 20.2 Å². The maximum absolute atomic E-state index is 10.5. The van der Waals surface area contributed by atoms with Crippen LogP contribution in [0.4, 0.5) is 0 Å². The molecule has 0 aliphatic heterocycles. The Morgan fingerprint density at radius 3 is 1.73 bits per heavy atom. The van der Waals surface area contributed by atoms with Crippen LogP contribution in [0.25, 0.3) is 0 Å². The van der Waals surface area contributed by atoms with E-state index in [4.69, 9.17) is 0 Å². The molecule has 3 aromatic carbocycles. The fourth-order valence-electron chi connectivity index (χ4n) is 2.65. The second-order valence-corrected chi connectivity index (χ2v) is 6.85. The lowest BCUT2D eigenvalue weighted by Crippen LogP contribution is -2.04. The molecule has 0 aliphatic rings. The molecule has 22 heavy (non-hydrogen) atoms. The minimum atomic E-state index is -0.0174. The average Bonchev–Trinajstić information content (AvgIpc) is 2.54. The maximum Gasteiger partial charge on any atom is 0.133 e. The number of halogens is 2. The van der Waals surface area contributed by atoms with Crippen molar-refractivity contribution in [1.29, 1.82) is 0 Å². The zero-order valence-corrected chi connectivity index (χ0v) is 14.9. The Hall–Kier alpha value is -1.58. The first kappa shape index (κ1) is 15.3. The van der Waals surface area contributed by atoms with Crippen molar-refractivity contribution in [3.63, 3.8) is 0 Å². The number of hydrogen-bond acceptors (Lipinski definition) is 1. The summed E-state index contributed by atoms with van der Waals surface area (Å²) >= 11 is 6.95. The van der Waals surface area contributed by atoms with Gasteiger partial charge in [0, 0.05) is 16.0 Å². The first-order chi connectivity index (χ1) is 10.7. The molecule has 110 valence electrons. The monoisotopic (exact) mass is 416 g/mol. The predicted octanol–water partition coefficient (Wildman–Crippen LogP) is 6.10. The smallest absolute Gasteiger partial charge is 0.133 e. The Labute approximate surface area is 146 Å². The molecule has 0 atom stereocenters. The van der Waals surface area contributed by atoms with Crippen molar-refractivity contribution in [2.24, 2.45) is 0 Å². The average molecular weight is 418 g/mol. The third kappa shape index (κ3) is 3.11. The van der Waals surface area contributed by atoms with E-state index in [0.29, 0.717) is 4.47 Å². The highest BCUT2D eigenvalue weighted by Gasteiger charge is 2.21. The van der Waals surface area contributed by atoms with Crippen molar-refractivity contribution in [2.75, 3.05) is 0 Å². The lowest BCUT2D eigenvalue weighted by Gasteiger charge is -2.21. The van der Waals surface area contributed by atoms with Gasteiger partial charge in [-0.05, 0) is 39.2 Å². The van der Waals surface area contributed by atoms with Gasteiger partial charge < -0.3 is 5.11 Å². The SMILES string of the molecule is Oc1c(Br)cc(Br)cc1C(c1ccccc1)c1ccccc1. The quantitative estimate of drug-likeness (QED) is 0.510. The molecule has 0 saturated heterocycles. The standard InChI is InChI=1S/C19H14Br2O/c20-15-11-16(19(22)17(21)12-15)18(13-7-3-1-4-8-13)14-9-5-2-6-10-14/h1-12,18,22H. The van der Waals surface area contributed by atoms with Gasteiger partial charge in [-0.15, -0.1) is 0 Å². The Bertz CT molecular complexity index is 731. The summed E-state index contributed by atoms with van der Waals surface area (Å²) in [5, 5.41) is 10.5. The van der Waals surface area contributed by atoms with Gasteiger partial charge in [-0.1, -0.05) is 76.6 Å². The number of phenolic OH excluding ortho intramolecular Hbond substituents is 1. The molecule has 1 nitrogen and oxygen atoms in total. The van der Waals surface area contributed by atoms with Crippen molar-refractivity contribution in [2.45, 2.75) is 5.92 Å². The molecule has 0 radical (unpaired) electrons. The highest BCUT2D eigenvalue weighted by Crippen LogP contribution is 2.41. The van der Waals surface area contributed by atoms with Crippen LogP contribution in [0.5, 0.6) is 5.75 Å². The number of rotatable bonds is 3. The van der Waals surface area contributed by atoms with Gasteiger partial charge in [0.1, 0.15) is 5.75 Å². The summed E-state index contributed by atoms with van der Waals surface area (Å²) in [5.74, 6) is 0.261. The third-order valence-electron chi connectivity index (χ3n) is 3.63. The molecule has 0 aliphatic carbocycles. The summed E-state index contributed by atoms with van der Waals surface area (Å²) in [6.07, 6.45) is 0.